The Bertz CT molecular complexity index is 1080. The summed E-state index contributed by atoms with van der Waals surface area (Å²) in [7, 11) is 0. The van der Waals surface area contributed by atoms with Gasteiger partial charge in [0.05, 0.1) is 39.7 Å². The van der Waals surface area contributed by atoms with Crippen LogP contribution in [0.2, 0.25) is 0 Å². The maximum atomic E-state index is 13.6. The van der Waals surface area contributed by atoms with Crippen molar-refractivity contribution in [3.05, 3.63) is 60.2 Å². The standard InChI is InChI=1S/C22H22N4O/c1-20(2)21(3)10-11-22(20,19(27)24-14-7-6-12-23-13-14)18-17(21)25-15-8-4-5-9-16(15)26-18/h4-9,12-13H,10-11H2,1-3H3,(H,24,27)/t21-,22-/m0/s1. The zero-order chi connectivity index (χ0) is 18.9. The zero-order valence-corrected chi connectivity index (χ0v) is 15.8. The lowest BCUT2D eigenvalue weighted by atomic mass is 9.63. The minimum absolute atomic E-state index is 0.00689. The fraction of sp³-hybridized carbons (Fsp3) is 0.364. The summed E-state index contributed by atoms with van der Waals surface area (Å²) in [6.07, 6.45) is 5.09. The van der Waals surface area contributed by atoms with E-state index in [1.54, 1.807) is 12.4 Å². The number of benzene rings is 1. The lowest BCUT2D eigenvalue weighted by Crippen LogP contribution is -2.48. The molecular formula is C22H22N4O. The first-order chi connectivity index (χ1) is 12.9. The van der Waals surface area contributed by atoms with Gasteiger partial charge in [-0.1, -0.05) is 32.9 Å². The summed E-state index contributed by atoms with van der Waals surface area (Å²) < 4.78 is 0. The van der Waals surface area contributed by atoms with Gasteiger partial charge in [0.2, 0.25) is 5.91 Å². The summed E-state index contributed by atoms with van der Waals surface area (Å²) in [6, 6.07) is 11.6. The highest BCUT2D eigenvalue weighted by molar-refractivity contribution is 6.01. The fourth-order valence-electron chi connectivity index (χ4n) is 5.22. The lowest BCUT2D eigenvalue weighted by molar-refractivity contribution is -0.125. The molecule has 27 heavy (non-hydrogen) atoms. The molecule has 3 aromatic rings. The molecule has 0 unspecified atom stereocenters. The Kier molecular flexibility index (Phi) is 3.10. The van der Waals surface area contributed by atoms with Crippen molar-refractivity contribution in [2.24, 2.45) is 5.41 Å². The van der Waals surface area contributed by atoms with Gasteiger partial charge in [0, 0.05) is 11.6 Å². The van der Waals surface area contributed by atoms with Gasteiger partial charge >= 0.3 is 0 Å². The molecule has 2 aliphatic rings. The van der Waals surface area contributed by atoms with E-state index in [0.29, 0.717) is 5.69 Å². The lowest BCUT2D eigenvalue weighted by Gasteiger charge is -2.39. The highest BCUT2D eigenvalue weighted by atomic mass is 16.2. The first kappa shape index (κ1) is 16.4. The van der Waals surface area contributed by atoms with Crippen LogP contribution < -0.4 is 5.32 Å². The Balaban J connectivity index is 1.72. The second-order valence-electron chi connectivity index (χ2n) is 8.47. The van der Waals surface area contributed by atoms with Gasteiger partial charge in [0.15, 0.2) is 0 Å². The first-order valence-electron chi connectivity index (χ1n) is 9.39. The summed E-state index contributed by atoms with van der Waals surface area (Å²) in [4.78, 5) is 27.7. The van der Waals surface area contributed by atoms with E-state index in [-0.39, 0.29) is 16.7 Å². The van der Waals surface area contributed by atoms with Gasteiger partial charge in [0.25, 0.3) is 0 Å². The smallest absolute Gasteiger partial charge is 0.237 e. The molecule has 2 heterocycles. The molecule has 1 N–H and O–H groups in total. The summed E-state index contributed by atoms with van der Waals surface area (Å²) in [5.74, 6) is -0.00689. The van der Waals surface area contributed by atoms with Crippen LogP contribution in [0.25, 0.3) is 11.0 Å². The van der Waals surface area contributed by atoms with Gasteiger partial charge in [-0.25, -0.2) is 9.97 Å². The molecule has 2 atom stereocenters. The maximum Gasteiger partial charge on any atom is 0.237 e. The van der Waals surface area contributed by atoms with Crippen LogP contribution in [0.4, 0.5) is 5.69 Å². The van der Waals surface area contributed by atoms with Gasteiger partial charge in [-0.3, -0.25) is 9.78 Å². The van der Waals surface area contributed by atoms with Gasteiger partial charge in [0.1, 0.15) is 0 Å². The maximum absolute atomic E-state index is 13.6. The number of anilines is 1. The molecule has 1 saturated carbocycles. The third-order valence-corrected chi connectivity index (χ3v) is 7.25. The molecule has 136 valence electrons. The Morgan fingerprint density at radius 3 is 2.33 bits per heavy atom. The molecule has 1 fully saturated rings. The van der Waals surface area contributed by atoms with Crippen molar-refractivity contribution in [2.75, 3.05) is 5.32 Å². The van der Waals surface area contributed by atoms with E-state index in [1.807, 2.05) is 36.4 Å². The average Bonchev–Trinajstić information content (AvgIpc) is 2.97. The number of hydrogen-bond acceptors (Lipinski definition) is 4. The number of amides is 1. The van der Waals surface area contributed by atoms with Crippen LogP contribution in [0.1, 0.15) is 45.0 Å². The van der Waals surface area contributed by atoms with E-state index in [9.17, 15) is 4.79 Å². The van der Waals surface area contributed by atoms with E-state index in [4.69, 9.17) is 9.97 Å². The van der Waals surface area contributed by atoms with E-state index in [1.165, 1.54) is 0 Å². The number of para-hydroxylation sites is 2. The van der Waals surface area contributed by atoms with E-state index in [0.717, 1.165) is 35.3 Å². The summed E-state index contributed by atoms with van der Waals surface area (Å²) in [6.45, 7) is 6.62. The molecule has 5 nitrogen and oxygen atoms in total. The molecule has 2 aromatic heterocycles. The molecule has 0 saturated heterocycles. The minimum atomic E-state index is -0.691. The molecule has 1 amide bonds. The number of carbonyl (C=O) groups is 1. The number of hydrogen-bond donors (Lipinski definition) is 1. The van der Waals surface area contributed by atoms with Gasteiger partial charge in [-0.15, -0.1) is 0 Å². The predicted octanol–water partition coefficient (Wildman–Crippen LogP) is 3.99. The van der Waals surface area contributed by atoms with Crippen LogP contribution >= 0.6 is 0 Å². The summed E-state index contributed by atoms with van der Waals surface area (Å²) >= 11 is 0. The molecule has 0 spiro atoms. The van der Waals surface area contributed by atoms with Gasteiger partial charge < -0.3 is 5.32 Å². The second-order valence-corrected chi connectivity index (χ2v) is 8.47. The number of fused-ring (bicyclic) bond motifs is 6. The monoisotopic (exact) mass is 358 g/mol. The highest BCUT2D eigenvalue weighted by Crippen LogP contribution is 2.70. The Morgan fingerprint density at radius 2 is 1.67 bits per heavy atom. The predicted molar refractivity (Wildman–Crippen MR) is 104 cm³/mol. The van der Waals surface area contributed by atoms with Crippen LogP contribution in [-0.4, -0.2) is 20.9 Å². The second kappa shape index (κ2) is 5.12. The number of carbonyl (C=O) groups excluding carboxylic acids is 1. The van der Waals surface area contributed by atoms with Crippen molar-refractivity contribution < 1.29 is 4.79 Å². The Labute approximate surface area is 158 Å². The largest absolute Gasteiger partial charge is 0.324 e. The number of nitrogens with zero attached hydrogens (tertiary/aromatic N) is 3. The SMILES string of the molecule is CC1(C)[C@@]2(C)CC[C@@]1(C(=O)Nc1cccnc1)c1nc3ccccc3nc12. The molecular weight excluding hydrogens is 336 g/mol. The van der Waals surface area contributed by atoms with Crippen LogP contribution in [0.3, 0.4) is 0 Å². The van der Waals surface area contributed by atoms with E-state index < -0.39 is 5.41 Å². The van der Waals surface area contributed by atoms with Crippen molar-refractivity contribution in [2.45, 2.75) is 44.4 Å². The zero-order valence-electron chi connectivity index (χ0n) is 15.8. The Morgan fingerprint density at radius 1 is 0.963 bits per heavy atom. The molecule has 2 bridgehead atoms. The third-order valence-electron chi connectivity index (χ3n) is 7.25. The van der Waals surface area contributed by atoms with Crippen LogP contribution in [0, 0.1) is 5.41 Å². The van der Waals surface area contributed by atoms with Crippen LogP contribution in [-0.2, 0) is 15.6 Å². The minimum Gasteiger partial charge on any atom is -0.324 e. The molecule has 0 aliphatic heterocycles. The number of pyridine rings is 1. The number of nitrogens with one attached hydrogen (secondary N) is 1. The van der Waals surface area contributed by atoms with Crippen molar-refractivity contribution in [3.8, 4) is 0 Å². The third kappa shape index (κ3) is 1.84. The van der Waals surface area contributed by atoms with Crippen LogP contribution in [0.15, 0.2) is 48.8 Å². The van der Waals surface area contributed by atoms with Crippen molar-refractivity contribution in [1.29, 1.82) is 0 Å². The quantitative estimate of drug-likeness (QED) is 0.752. The van der Waals surface area contributed by atoms with Crippen molar-refractivity contribution in [3.63, 3.8) is 0 Å². The van der Waals surface area contributed by atoms with Crippen LogP contribution in [0.5, 0.6) is 0 Å². The molecule has 2 aliphatic carbocycles. The topological polar surface area (TPSA) is 67.8 Å². The van der Waals surface area contributed by atoms with E-state index in [2.05, 4.69) is 31.1 Å². The molecule has 5 heteroatoms. The first-order valence-corrected chi connectivity index (χ1v) is 9.39. The summed E-state index contributed by atoms with van der Waals surface area (Å²) in [5, 5.41) is 3.09. The van der Waals surface area contributed by atoms with Gasteiger partial charge in [-0.05, 0) is 42.5 Å². The number of rotatable bonds is 2. The molecule has 5 rings (SSSR count). The normalized spacial score (nSPS) is 27.5. The van der Waals surface area contributed by atoms with E-state index >= 15 is 0 Å². The van der Waals surface area contributed by atoms with Gasteiger partial charge in [-0.2, -0.15) is 0 Å². The Hall–Kier alpha value is -2.82. The van der Waals surface area contributed by atoms with Crippen molar-refractivity contribution in [1.82, 2.24) is 15.0 Å². The average molecular weight is 358 g/mol. The summed E-state index contributed by atoms with van der Waals surface area (Å²) in [5.41, 5.74) is 3.13. The molecule has 0 radical (unpaired) electrons. The molecule has 1 aromatic carbocycles. The van der Waals surface area contributed by atoms with Crippen molar-refractivity contribution >= 4 is 22.6 Å². The fourth-order valence-corrected chi connectivity index (χ4v) is 5.22. The highest BCUT2D eigenvalue weighted by Gasteiger charge is 2.73. The number of aromatic nitrogens is 3.